The average molecular weight is 403 g/mol. The van der Waals surface area contributed by atoms with Crippen molar-refractivity contribution in [1.82, 2.24) is 14.4 Å². The molecule has 1 aromatic carbocycles. The van der Waals surface area contributed by atoms with Crippen molar-refractivity contribution in [2.24, 2.45) is 12.0 Å². The average Bonchev–Trinajstić information content (AvgIpc) is 3.09. The number of aryl methyl sites for hydroxylation is 1. The molecule has 4 rings (SSSR count). The lowest BCUT2D eigenvalue weighted by atomic mass is 10.1. The first-order valence-corrected chi connectivity index (χ1v) is 8.67. The van der Waals surface area contributed by atoms with E-state index < -0.39 is 6.04 Å². The van der Waals surface area contributed by atoms with Crippen LogP contribution in [-0.4, -0.2) is 39.2 Å². The lowest BCUT2D eigenvalue weighted by Gasteiger charge is -2.33. The highest BCUT2D eigenvalue weighted by atomic mass is 79.9. The summed E-state index contributed by atoms with van der Waals surface area (Å²) in [5, 5.41) is 0. The molecule has 0 aliphatic carbocycles. The minimum absolute atomic E-state index is 0.237. The second-order valence-corrected chi connectivity index (χ2v) is 7.22. The summed E-state index contributed by atoms with van der Waals surface area (Å²) in [5.41, 5.74) is 1.90. The molecule has 0 bridgehead atoms. The predicted octanol–water partition coefficient (Wildman–Crippen LogP) is 2.06. The molecule has 0 saturated carbocycles. The molecular formula is C17H17BrN5O2+. The molecule has 3 amide bonds. The zero-order valence-electron chi connectivity index (χ0n) is 14.1. The Morgan fingerprint density at radius 1 is 1.20 bits per heavy atom. The minimum atomic E-state index is -0.590. The highest BCUT2D eigenvalue weighted by molar-refractivity contribution is 9.10. The fraction of sp³-hybridized carbons (Fsp3) is 0.294. The Bertz CT molecular complexity index is 931. The maximum absolute atomic E-state index is 13.1. The second kappa shape index (κ2) is 5.52. The summed E-state index contributed by atoms with van der Waals surface area (Å²) in [4.78, 5) is 33.1. The molecule has 1 aromatic heterocycles. The summed E-state index contributed by atoms with van der Waals surface area (Å²) in [6, 6.07) is 6.64. The molecule has 7 nitrogen and oxygen atoms in total. The smallest absolute Gasteiger partial charge is 0.270 e. The molecule has 3 heterocycles. The molecule has 1 atom stereocenters. The largest absolute Gasteiger partial charge is 0.401 e. The third-order valence-electron chi connectivity index (χ3n) is 4.74. The number of halogens is 1. The van der Waals surface area contributed by atoms with Gasteiger partial charge in [0.05, 0.1) is 13.6 Å². The number of benzene rings is 1. The van der Waals surface area contributed by atoms with Gasteiger partial charge in [0.1, 0.15) is 11.9 Å². The van der Waals surface area contributed by atoms with Crippen LogP contribution >= 0.6 is 15.9 Å². The summed E-state index contributed by atoms with van der Waals surface area (Å²) < 4.78 is 4.70. The molecule has 2 aromatic rings. The monoisotopic (exact) mass is 402 g/mol. The second-order valence-electron chi connectivity index (χ2n) is 6.30. The molecule has 0 radical (unpaired) electrons. The van der Waals surface area contributed by atoms with E-state index >= 15 is 0 Å². The van der Waals surface area contributed by atoms with Gasteiger partial charge in [-0.2, -0.15) is 0 Å². The van der Waals surface area contributed by atoms with Gasteiger partial charge in [-0.1, -0.05) is 33.1 Å². The number of hydrogen-bond acceptors (Lipinski definition) is 3. The quantitative estimate of drug-likeness (QED) is 0.721. The molecule has 8 heteroatoms. The van der Waals surface area contributed by atoms with E-state index in [1.165, 1.54) is 9.80 Å². The summed E-state index contributed by atoms with van der Waals surface area (Å²) >= 11 is 3.39. The standard InChI is InChI=1S/C17H17BrN5O2/c1-10-8-22-13-14(19-16(22)20(10)2)21(3)17(25)23(15(13)24)9-11-4-6-12(18)7-5-11/h4-8,13H,9H2,1-3H3/q+1. The molecule has 2 aliphatic heterocycles. The number of urea groups is 1. The minimum Gasteiger partial charge on any atom is -0.270 e. The Morgan fingerprint density at radius 3 is 2.56 bits per heavy atom. The van der Waals surface area contributed by atoms with E-state index in [1.807, 2.05) is 53.6 Å². The van der Waals surface area contributed by atoms with Gasteiger partial charge >= 0.3 is 12.0 Å². The van der Waals surface area contributed by atoms with Crippen LogP contribution < -0.4 is 4.57 Å². The molecule has 0 spiro atoms. The SMILES string of the molecule is Cc1c[n+]2c(n1C)N=C1C2C(=O)N(Cc2ccc(Br)cc2)C(=O)N1C. The third kappa shape index (κ3) is 2.31. The summed E-state index contributed by atoms with van der Waals surface area (Å²) in [5.74, 6) is 0.905. The number of amidine groups is 1. The lowest BCUT2D eigenvalue weighted by molar-refractivity contribution is -0.677. The number of nitrogens with zero attached hydrogens (tertiary/aromatic N) is 5. The third-order valence-corrected chi connectivity index (χ3v) is 5.27. The van der Waals surface area contributed by atoms with Crippen molar-refractivity contribution >= 4 is 39.7 Å². The van der Waals surface area contributed by atoms with Gasteiger partial charge in [-0.05, 0) is 24.6 Å². The van der Waals surface area contributed by atoms with E-state index in [4.69, 9.17) is 0 Å². The highest BCUT2D eigenvalue weighted by Crippen LogP contribution is 2.29. The Balaban J connectivity index is 1.72. The Morgan fingerprint density at radius 2 is 1.88 bits per heavy atom. The van der Waals surface area contributed by atoms with Gasteiger partial charge in [0.25, 0.3) is 5.91 Å². The van der Waals surface area contributed by atoms with Gasteiger partial charge < -0.3 is 0 Å². The number of likely N-dealkylation sites (N-methyl/N-ethyl adjacent to an activating group) is 1. The summed E-state index contributed by atoms with van der Waals surface area (Å²) in [6.07, 6.45) is 1.90. The molecule has 0 N–H and O–H groups in total. The van der Waals surface area contributed by atoms with Crippen LogP contribution in [0.4, 0.5) is 10.7 Å². The number of imidazole rings is 1. The number of amides is 3. The fourth-order valence-electron chi connectivity index (χ4n) is 3.21. The Labute approximate surface area is 153 Å². The van der Waals surface area contributed by atoms with Crippen LogP contribution in [0.1, 0.15) is 17.3 Å². The molecule has 1 saturated heterocycles. The number of aliphatic imine (C=N–C) groups is 1. The number of hydrogen-bond donors (Lipinski definition) is 0. The van der Waals surface area contributed by atoms with E-state index in [1.54, 1.807) is 7.05 Å². The molecule has 128 valence electrons. The zero-order chi connectivity index (χ0) is 17.9. The van der Waals surface area contributed by atoms with E-state index in [0.717, 1.165) is 15.7 Å². The molecule has 2 aliphatic rings. The maximum atomic E-state index is 13.1. The van der Waals surface area contributed by atoms with E-state index in [-0.39, 0.29) is 18.5 Å². The van der Waals surface area contributed by atoms with Crippen molar-refractivity contribution in [2.75, 3.05) is 7.05 Å². The first-order chi connectivity index (χ1) is 11.9. The van der Waals surface area contributed by atoms with Gasteiger partial charge in [-0.3, -0.25) is 14.6 Å². The van der Waals surface area contributed by atoms with Gasteiger partial charge in [-0.25, -0.2) is 13.9 Å². The van der Waals surface area contributed by atoms with Gasteiger partial charge in [0.2, 0.25) is 11.9 Å². The molecule has 1 fully saturated rings. The van der Waals surface area contributed by atoms with Gasteiger partial charge in [-0.15, -0.1) is 0 Å². The number of fused-ring (bicyclic) bond motifs is 3. The molecule has 1 unspecified atom stereocenters. The molecular weight excluding hydrogens is 386 g/mol. The van der Waals surface area contributed by atoms with E-state index in [9.17, 15) is 9.59 Å². The zero-order valence-corrected chi connectivity index (χ0v) is 15.7. The molecule has 25 heavy (non-hydrogen) atoms. The van der Waals surface area contributed by atoms with Crippen LogP contribution in [0.2, 0.25) is 0 Å². The Kier molecular flexibility index (Phi) is 3.54. The lowest BCUT2D eigenvalue weighted by Crippen LogP contribution is -2.62. The summed E-state index contributed by atoms with van der Waals surface area (Å²) in [6.45, 7) is 2.20. The van der Waals surface area contributed by atoms with Crippen molar-refractivity contribution in [3.63, 3.8) is 0 Å². The van der Waals surface area contributed by atoms with E-state index in [0.29, 0.717) is 11.8 Å². The number of carbonyl (C=O) groups excluding carboxylic acids is 2. The number of rotatable bonds is 2. The Hall–Kier alpha value is -2.48. The van der Waals surface area contributed by atoms with Crippen LogP contribution in [0.3, 0.4) is 0 Å². The van der Waals surface area contributed by atoms with Crippen LogP contribution in [-0.2, 0) is 18.4 Å². The predicted molar refractivity (Wildman–Crippen MR) is 94.3 cm³/mol. The van der Waals surface area contributed by atoms with Crippen LogP contribution in [0, 0.1) is 6.92 Å². The first kappa shape index (κ1) is 16.0. The number of aromatic nitrogens is 2. The first-order valence-electron chi connectivity index (χ1n) is 7.88. The van der Waals surface area contributed by atoms with Crippen molar-refractivity contribution in [3.05, 3.63) is 46.2 Å². The van der Waals surface area contributed by atoms with Crippen molar-refractivity contribution < 1.29 is 14.2 Å². The maximum Gasteiger partial charge on any atom is 0.401 e. The van der Waals surface area contributed by atoms with Gasteiger partial charge in [0, 0.05) is 11.5 Å². The highest BCUT2D eigenvalue weighted by Gasteiger charge is 2.52. The summed E-state index contributed by atoms with van der Waals surface area (Å²) in [7, 11) is 3.56. The number of carbonyl (C=O) groups is 2. The van der Waals surface area contributed by atoms with Crippen LogP contribution in [0.25, 0.3) is 0 Å². The van der Waals surface area contributed by atoms with Crippen molar-refractivity contribution in [3.8, 4) is 0 Å². The van der Waals surface area contributed by atoms with E-state index in [2.05, 4.69) is 20.9 Å². The van der Waals surface area contributed by atoms with Crippen LogP contribution in [0.5, 0.6) is 0 Å². The normalized spacial score (nSPS) is 19.2. The number of imide groups is 1. The van der Waals surface area contributed by atoms with Gasteiger partial charge in [0.15, 0.2) is 0 Å². The van der Waals surface area contributed by atoms with Crippen molar-refractivity contribution in [1.29, 1.82) is 0 Å². The van der Waals surface area contributed by atoms with Crippen LogP contribution in [0.15, 0.2) is 39.9 Å². The van der Waals surface area contributed by atoms with Crippen molar-refractivity contribution in [2.45, 2.75) is 19.5 Å². The topological polar surface area (TPSA) is 61.8 Å². The fourth-order valence-corrected chi connectivity index (χ4v) is 3.48.